The third kappa shape index (κ3) is 4.46. The number of anilines is 1. The maximum Gasteiger partial charge on any atom is 0.411 e. The largest absolute Gasteiger partial charge is 0.493 e. The molecule has 8 nitrogen and oxygen atoms in total. The van der Waals surface area contributed by atoms with Gasteiger partial charge in [-0.3, -0.25) is 19.8 Å². The van der Waals surface area contributed by atoms with Crippen LogP contribution in [-0.4, -0.2) is 49.2 Å². The number of unbranched alkanes of at least 4 members (excludes halogenated alkanes) is 1. The zero-order valence-corrected chi connectivity index (χ0v) is 19.8. The molecule has 1 aromatic rings. The Morgan fingerprint density at radius 1 is 1.00 bits per heavy atom. The van der Waals surface area contributed by atoms with Crippen molar-refractivity contribution < 1.29 is 28.6 Å². The summed E-state index contributed by atoms with van der Waals surface area (Å²) in [4.78, 5) is 39.2. The number of nitrogens with one attached hydrogen (secondary N) is 1. The van der Waals surface area contributed by atoms with E-state index in [-0.39, 0.29) is 36.4 Å². The van der Waals surface area contributed by atoms with E-state index in [2.05, 4.69) is 5.32 Å². The Morgan fingerprint density at radius 3 is 2.38 bits per heavy atom. The van der Waals surface area contributed by atoms with E-state index in [0.717, 1.165) is 32.1 Å². The lowest BCUT2D eigenvalue weighted by molar-refractivity contribution is -0.140. The molecule has 3 saturated carbocycles. The average molecular weight is 471 g/mol. The van der Waals surface area contributed by atoms with Crippen LogP contribution in [0.25, 0.3) is 0 Å². The summed E-state index contributed by atoms with van der Waals surface area (Å²) >= 11 is 0. The van der Waals surface area contributed by atoms with Crippen molar-refractivity contribution in [2.75, 3.05) is 25.6 Å². The van der Waals surface area contributed by atoms with Crippen molar-refractivity contribution >= 4 is 23.6 Å². The van der Waals surface area contributed by atoms with Gasteiger partial charge in [0.25, 0.3) is 0 Å². The maximum absolute atomic E-state index is 12.7. The molecule has 0 aromatic heterocycles. The molecule has 2 bridgehead atoms. The first-order valence-electron chi connectivity index (χ1n) is 12.7. The molecule has 0 radical (unpaired) electrons. The lowest BCUT2D eigenvalue weighted by Gasteiger charge is -2.19. The minimum absolute atomic E-state index is 0.0241. The highest BCUT2D eigenvalue weighted by Crippen LogP contribution is 2.56. The molecule has 5 rings (SSSR count). The van der Waals surface area contributed by atoms with Gasteiger partial charge in [0.05, 0.1) is 31.7 Å². The van der Waals surface area contributed by atoms with Gasteiger partial charge >= 0.3 is 6.09 Å². The molecule has 3 aliphatic carbocycles. The Labute approximate surface area is 200 Å². The van der Waals surface area contributed by atoms with Gasteiger partial charge in [-0.15, -0.1) is 0 Å². The molecule has 3 amide bonds. The second-order valence-electron chi connectivity index (χ2n) is 10.1. The zero-order chi connectivity index (χ0) is 23.7. The number of amides is 3. The minimum atomic E-state index is -0.545. The van der Waals surface area contributed by atoms with Gasteiger partial charge in [0.2, 0.25) is 11.8 Å². The van der Waals surface area contributed by atoms with Gasteiger partial charge in [0.15, 0.2) is 11.5 Å². The predicted molar refractivity (Wildman–Crippen MR) is 125 cm³/mol. The van der Waals surface area contributed by atoms with Crippen LogP contribution in [0.5, 0.6) is 11.5 Å². The Morgan fingerprint density at radius 2 is 1.71 bits per heavy atom. The van der Waals surface area contributed by atoms with Crippen LogP contribution in [0.2, 0.25) is 0 Å². The van der Waals surface area contributed by atoms with Crippen LogP contribution in [0.4, 0.5) is 10.5 Å². The van der Waals surface area contributed by atoms with Crippen molar-refractivity contribution in [3.8, 4) is 11.5 Å². The molecule has 4 unspecified atom stereocenters. The van der Waals surface area contributed by atoms with Crippen molar-refractivity contribution in [1.29, 1.82) is 0 Å². The third-order valence-electron chi connectivity index (χ3n) is 8.03. The van der Waals surface area contributed by atoms with E-state index in [0.29, 0.717) is 48.4 Å². The van der Waals surface area contributed by atoms with Crippen LogP contribution in [-0.2, 0) is 14.3 Å². The fourth-order valence-electron chi connectivity index (χ4n) is 6.41. The number of likely N-dealkylation sites (tertiary alicyclic amines) is 1. The zero-order valence-electron chi connectivity index (χ0n) is 19.8. The molecule has 34 heavy (non-hydrogen) atoms. The molecule has 184 valence electrons. The molecule has 1 aromatic carbocycles. The van der Waals surface area contributed by atoms with Gasteiger partial charge in [0, 0.05) is 18.3 Å². The predicted octanol–water partition coefficient (Wildman–Crippen LogP) is 4.38. The summed E-state index contributed by atoms with van der Waals surface area (Å²) in [5.41, 5.74) is 0.577. The third-order valence-corrected chi connectivity index (χ3v) is 8.03. The van der Waals surface area contributed by atoms with Crippen LogP contribution >= 0.6 is 0 Å². The van der Waals surface area contributed by atoms with E-state index in [1.807, 2.05) is 0 Å². The molecule has 8 heteroatoms. The van der Waals surface area contributed by atoms with Gasteiger partial charge in [-0.2, -0.15) is 0 Å². The topological polar surface area (TPSA) is 94.2 Å². The standard InChI is InChI=1S/C26H34N2O6/c1-32-20-11-10-18(15-21(20)34-19-6-2-3-7-19)27-26(31)33-13-5-4-12-28-24(29)22-16-8-9-17(14-16)23(22)25(28)30/h10-11,15-17,19,22-23H,2-9,12-14H2,1H3,(H,27,31). The lowest BCUT2D eigenvalue weighted by atomic mass is 9.81. The van der Waals surface area contributed by atoms with E-state index in [1.54, 1.807) is 25.3 Å². The molecule has 4 atom stereocenters. The van der Waals surface area contributed by atoms with Crippen LogP contribution in [0, 0.1) is 23.7 Å². The first kappa shape index (κ1) is 23.0. The number of nitrogens with zero attached hydrogens (tertiary/aromatic N) is 1. The lowest BCUT2D eigenvalue weighted by Crippen LogP contribution is -2.33. The van der Waals surface area contributed by atoms with Crippen molar-refractivity contribution in [1.82, 2.24) is 4.90 Å². The van der Waals surface area contributed by atoms with Gasteiger partial charge in [-0.25, -0.2) is 4.79 Å². The summed E-state index contributed by atoms with van der Waals surface area (Å²) < 4.78 is 16.8. The highest BCUT2D eigenvalue weighted by Gasteiger charge is 2.60. The molecule has 1 N–H and O–H groups in total. The fourth-order valence-corrected chi connectivity index (χ4v) is 6.41. The number of ether oxygens (including phenoxy) is 3. The Balaban J connectivity index is 1.05. The van der Waals surface area contributed by atoms with Crippen molar-refractivity contribution in [2.45, 2.75) is 63.9 Å². The summed E-state index contributed by atoms with van der Waals surface area (Å²) in [6, 6.07) is 5.27. The van der Waals surface area contributed by atoms with Gasteiger partial charge < -0.3 is 14.2 Å². The van der Waals surface area contributed by atoms with Crippen LogP contribution in [0.1, 0.15) is 57.8 Å². The second kappa shape index (κ2) is 9.84. The van der Waals surface area contributed by atoms with Crippen molar-refractivity contribution in [3.63, 3.8) is 0 Å². The molecular weight excluding hydrogens is 436 g/mol. The summed E-state index contributed by atoms with van der Waals surface area (Å²) in [6.07, 6.45) is 8.46. The summed E-state index contributed by atoms with van der Waals surface area (Å²) in [5.74, 6) is 1.97. The number of rotatable bonds is 9. The first-order valence-corrected chi connectivity index (χ1v) is 12.7. The van der Waals surface area contributed by atoms with E-state index < -0.39 is 6.09 Å². The van der Waals surface area contributed by atoms with Crippen molar-refractivity contribution in [3.05, 3.63) is 18.2 Å². The maximum atomic E-state index is 12.7. The molecule has 1 aliphatic heterocycles. The van der Waals surface area contributed by atoms with Crippen LogP contribution in [0.15, 0.2) is 18.2 Å². The summed E-state index contributed by atoms with van der Waals surface area (Å²) in [5, 5.41) is 2.73. The summed E-state index contributed by atoms with van der Waals surface area (Å²) in [6.45, 7) is 0.636. The number of carbonyl (C=O) groups excluding carboxylic acids is 3. The quantitative estimate of drug-likeness (QED) is 0.425. The van der Waals surface area contributed by atoms with Crippen molar-refractivity contribution in [2.24, 2.45) is 23.7 Å². The average Bonchev–Trinajstić information content (AvgIpc) is 3.61. The Bertz CT molecular complexity index is 915. The summed E-state index contributed by atoms with van der Waals surface area (Å²) in [7, 11) is 1.60. The van der Waals surface area contributed by atoms with Crippen LogP contribution in [0.3, 0.4) is 0 Å². The van der Waals surface area contributed by atoms with Gasteiger partial charge in [0.1, 0.15) is 0 Å². The number of imide groups is 1. The Kier molecular flexibility index (Phi) is 6.66. The highest BCUT2D eigenvalue weighted by molar-refractivity contribution is 6.06. The van der Waals surface area contributed by atoms with E-state index in [9.17, 15) is 14.4 Å². The van der Waals surface area contributed by atoms with E-state index in [1.165, 1.54) is 17.7 Å². The number of benzene rings is 1. The molecule has 0 spiro atoms. The number of methoxy groups -OCH3 is 1. The molecular formula is C26H34N2O6. The van der Waals surface area contributed by atoms with Gasteiger partial charge in [-0.1, -0.05) is 0 Å². The second-order valence-corrected chi connectivity index (χ2v) is 10.1. The van der Waals surface area contributed by atoms with E-state index in [4.69, 9.17) is 14.2 Å². The first-order chi connectivity index (χ1) is 16.5. The number of carbonyl (C=O) groups is 3. The minimum Gasteiger partial charge on any atom is -0.493 e. The fraction of sp³-hybridized carbons (Fsp3) is 0.654. The number of fused-ring (bicyclic) bond motifs is 5. The molecule has 4 fully saturated rings. The number of hydrogen-bond acceptors (Lipinski definition) is 6. The van der Waals surface area contributed by atoms with Crippen LogP contribution < -0.4 is 14.8 Å². The van der Waals surface area contributed by atoms with E-state index >= 15 is 0 Å². The smallest absolute Gasteiger partial charge is 0.411 e. The molecule has 1 heterocycles. The SMILES string of the molecule is COc1ccc(NC(=O)OCCCCN2C(=O)C3C4CCC(C4)C3C2=O)cc1OC1CCCC1. The Hall–Kier alpha value is -2.77. The van der Waals surface area contributed by atoms with Gasteiger partial charge in [-0.05, 0) is 81.8 Å². The highest BCUT2D eigenvalue weighted by atomic mass is 16.5. The molecule has 4 aliphatic rings. The monoisotopic (exact) mass is 470 g/mol. The number of hydrogen-bond donors (Lipinski definition) is 1. The normalized spacial score (nSPS) is 27.9. The molecule has 1 saturated heterocycles.